The Morgan fingerprint density at radius 1 is 1.56 bits per heavy atom. The van der Waals surface area contributed by atoms with Gasteiger partial charge in [-0.15, -0.1) is 0 Å². The molecular weight excluding hydrogens is 230 g/mol. The van der Waals surface area contributed by atoms with Crippen LogP contribution in [0.3, 0.4) is 0 Å². The van der Waals surface area contributed by atoms with E-state index in [0.29, 0.717) is 5.82 Å². The number of anilines is 1. The summed E-state index contributed by atoms with van der Waals surface area (Å²) in [5, 5.41) is 12.3. The van der Waals surface area contributed by atoms with Gasteiger partial charge in [-0.2, -0.15) is 0 Å². The van der Waals surface area contributed by atoms with Crippen LogP contribution in [-0.4, -0.2) is 22.3 Å². The standard InChI is InChI=1S/C10H10ClN3O2/c1-6-3-2-4-8(12-6)14-9(15)5-7(11)13-10(14)16/h2-5,10,13,16H,1H3. The van der Waals surface area contributed by atoms with Gasteiger partial charge in [-0.1, -0.05) is 17.7 Å². The van der Waals surface area contributed by atoms with Crippen molar-refractivity contribution in [1.82, 2.24) is 10.3 Å². The van der Waals surface area contributed by atoms with Crippen LogP contribution in [0.2, 0.25) is 0 Å². The molecule has 2 rings (SSSR count). The Kier molecular flexibility index (Phi) is 2.80. The minimum Gasteiger partial charge on any atom is -0.356 e. The molecule has 2 N–H and O–H groups in total. The highest BCUT2D eigenvalue weighted by atomic mass is 35.5. The maximum Gasteiger partial charge on any atom is 0.258 e. The van der Waals surface area contributed by atoms with Gasteiger partial charge >= 0.3 is 0 Å². The summed E-state index contributed by atoms with van der Waals surface area (Å²) in [5.74, 6) is -0.0280. The molecule has 0 saturated carbocycles. The summed E-state index contributed by atoms with van der Waals surface area (Å²) in [7, 11) is 0. The van der Waals surface area contributed by atoms with Crippen LogP contribution in [0.15, 0.2) is 29.4 Å². The molecule has 0 aliphatic carbocycles. The van der Waals surface area contributed by atoms with Crippen molar-refractivity contribution in [1.29, 1.82) is 0 Å². The third-order valence-electron chi connectivity index (χ3n) is 2.12. The van der Waals surface area contributed by atoms with Crippen LogP contribution in [-0.2, 0) is 4.79 Å². The van der Waals surface area contributed by atoms with E-state index in [4.69, 9.17) is 11.6 Å². The highest BCUT2D eigenvalue weighted by molar-refractivity contribution is 6.31. The summed E-state index contributed by atoms with van der Waals surface area (Å²) < 4.78 is 0. The van der Waals surface area contributed by atoms with Crippen LogP contribution in [0.5, 0.6) is 0 Å². The molecule has 1 aromatic rings. The predicted molar refractivity (Wildman–Crippen MR) is 59.5 cm³/mol. The highest BCUT2D eigenvalue weighted by Crippen LogP contribution is 2.18. The van der Waals surface area contributed by atoms with E-state index in [1.807, 2.05) is 0 Å². The first kappa shape index (κ1) is 10.9. The molecule has 1 atom stereocenters. The number of carbonyl (C=O) groups excluding carboxylic acids is 1. The number of aromatic nitrogens is 1. The second-order valence-electron chi connectivity index (χ2n) is 3.36. The van der Waals surface area contributed by atoms with Gasteiger partial charge in [-0.3, -0.25) is 4.79 Å². The number of aliphatic hydroxyl groups is 1. The number of aliphatic hydroxyl groups excluding tert-OH is 1. The molecule has 0 bridgehead atoms. The van der Waals surface area contributed by atoms with Crippen molar-refractivity contribution in [2.45, 2.75) is 13.3 Å². The SMILES string of the molecule is Cc1cccc(N2C(=O)C=C(Cl)NC2O)n1. The van der Waals surface area contributed by atoms with Crippen molar-refractivity contribution < 1.29 is 9.90 Å². The topological polar surface area (TPSA) is 65.5 Å². The van der Waals surface area contributed by atoms with Crippen LogP contribution in [0.4, 0.5) is 5.82 Å². The van der Waals surface area contributed by atoms with E-state index in [-0.39, 0.29) is 5.16 Å². The summed E-state index contributed by atoms with van der Waals surface area (Å²) in [4.78, 5) is 16.9. The van der Waals surface area contributed by atoms with Crippen LogP contribution in [0.25, 0.3) is 0 Å². The third kappa shape index (κ3) is 2.00. The van der Waals surface area contributed by atoms with Crippen molar-refractivity contribution in [2.75, 3.05) is 4.90 Å². The van der Waals surface area contributed by atoms with Gasteiger partial charge in [-0.05, 0) is 19.1 Å². The monoisotopic (exact) mass is 239 g/mol. The van der Waals surface area contributed by atoms with E-state index in [1.165, 1.54) is 6.08 Å². The van der Waals surface area contributed by atoms with Crippen molar-refractivity contribution >= 4 is 23.3 Å². The van der Waals surface area contributed by atoms with Crippen LogP contribution in [0.1, 0.15) is 5.69 Å². The van der Waals surface area contributed by atoms with Crippen molar-refractivity contribution in [3.63, 3.8) is 0 Å². The molecule has 1 unspecified atom stereocenters. The Morgan fingerprint density at radius 3 is 2.94 bits per heavy atom. The van der Waals surface area contributed by atoms with Gasteiger partial charge < -0.3 is 10.4 Å². The second kappa shape index (κ2) is 4.11. The Labute approximate surface area is 97.3 Å². The molecule has 1 amide bonds. The van der Waals surface area contributed by atoms with Gasteiger partial charge in [0.2, 0.25) is 6.35 Å². The zero-order valence-corrected chi connectivity index (χ0v) is 9.27. The fraction of sp³-hybridized carbons (Fsp3) is 0.200. The number of aryl methyl sites for hydroxylation is 1. The Morgan fingerprint density at radius 2 is 2.31 bits per heavy atom. The molecule has 2 heterocycles. The number of hydrogen-bond donors (Lipinski definition) is 2. The first-order valence-corrected chi connectivity index (χ1v) is 5.04. The molecule has 0 fully saturated rings. The molecule has 16 heavy (non-hydrogen) atoms. The van der Waals surface area contributed by atoms with E-state index in [1.54, 1.807) is 25.1 Å². The van der Waals surface area contributed by atoms with E-state index in [0.717, 1.165) is 10.6 Å². The number of carbonyl (C=O) groups is 1. The molecule has 1 aliphatic rings. The van der Waals surface area contributed by atoms with E-state index < -0.39 is 12.3 Å². The molecule has 0 aromatic carbocycles. The minimum atomic E-state index is -1.20. The largest absolute Gasteiger partial charge is 0.356 e. The van der Waals surface area contributed by atoms with Gasteiger partial charge in [0.1, 0.15) is 11.0 Å². The van der Waals surface area contributed by atoms with Gasteiger partial charge in [0.05, 0.1) is 0 Å². The summed E-state index contributed by atoms with van der Waals surface area (Å²) in [6.07, 6.45) is -0.00235. The zero-order chi connectivity index (χ0) is 11.7. The third-order valence-corrected chi connectivity index (χ3v) is 2.34. The number of pyridine rings is 1. The molecule has 0 saturated heterocycles. The molecule has 0 spiro atoms. The normalized spacial score (nSPS) is 20.4. The molecule has 0 radical (unpaired) electrons. The lowest BCUT2D eigenvalue weighted by atomic mass is 10.3. The van der Waals surface area contributed by atoms with Crippen molar-refractivity contribution in [3.05, 3.63) is 35.1 Å². The predicted octanol–water partition coefficient (Wildman–Crippen LogP) is 0.682. The quantitative estimate of drug-likeness (QED) is 0.708. The lowest BCUT2D eigenvalue weighted by Gasteiger charge is -2.30. The van der Waals surface area contributed by atoms with Gasteiger partial charge in [0.15, 0.2) is 0 Å². The summed E-state index contributed by atoms with van der Waals surface area (Å²) in [6, 6.07) is 5.21. The number of amides is 1. The van der Waals surface area contributed by atoms with Crippen molar-refractivity contribution in [2.24, 2.45) is 0 Å². The molecule has 1 aliphatic heterocycles. The zero-order valence-electron chi connectivity index (χ0n) is 8.51. The Bertz CT molecular complexity index is 461. The molecule has 5 nitrogen and oxygen atoms in total. The average molecular weight is 240 g/mol. The first-order chi connectivity index (χ1) is 7.58. The smallest absolute Gasteiger partial charge is 0.258 e. The fourth-order valence-corrected chi connectivity index (χ4v) is 1.62. The number of nitrogens with one attached hydrogen (secondary N) is 1. The highest BCUT2D eigenvalue weighted by Gasteiger charge is 2.27. The second-order valence-corrected chi connectivity index (χ2v) is 3.76. The average Bonchev–Trinajstić information content (AvgIpc) is 2.15. The lowest BCUT2D eigenvalue weighted by molar-refractivity contribution is -0.117. The van der Waals surface area contributed by atoms with Crippen LogP contribution < -0.4 is 10.2 Å². The van der Waals surface area contributed by atoms with Crippen molar-refractivity contribution in [3.8, 4) is 0 Å². The maximum atomic E-state index is 11.7. The number of rotatable bonds is 1. The summed E-state index contributed by atoms with van der Waals surface area (Å²) in [5.41, 5.74) is 0.762. The molecule has 6 heteroatoms. The molecule has 1 aromatic heterocycles. The summed E-state index contributed by atoms with van der Waals surface area (Å²) in [6.45, 7) is 1.81. The first-order valence-electron chi connectivity index (χ1n) is 4.66. The molecular formula is C10H10ClN3O2. The maximum absolute atomic E-state index is 11.7. The van der Waals surface area contributed by atoms with Gasteiger partial charge in [0.25, 0.3) is 5.91 Å². The number of halogens is 1. The summed E-state index contributed by atoms with van der Waals surface area (Å²) >= 11 is 5.61. The van der Waals surface area contributed by atoms with E-state index in [9.17, 15) is 9.90 Å². The van der Waals surface area contributed by atoms with E-state index >= 15 is 0 Å². The lowest BCUT2D eigenvalue weighted by Crippen LogP contribution is -2.51. The van der Waals surface area contributed by atoms with Crippen LogP contribution >= 0.6 is 11.6 Å². The fourth-order valence-electron chi connectivity index (χ4n) is 1.43. The Hall–Kier alpha value is -1.59. The molecule has 84 valence electrons. The van der Waals surface area contributed by atoms with Gasteiger partial charge in [-0.25, -0.2) is 9.88 Å². The van der Waals surface area contributed by atoms with E-state index in [2.05, 4.69) is 10.3 Å². The minimum absolute atomic E-state index is 0.112. The van der Waals surface area contributed by atoms with Crippen LogP contribution in [0, 0.1) is 6.92 Å². The van der Waals surface area contributed by atoms with Gasteiger partial charge in [0, 0.05) is 11.8 Å². The Balaban J connectivity index is 2.37. The number of nitrogens with zero attached hydrogens (tertiary/aromatic N) is 2. The number of hydrogen-bond acceptors (Lipinski definition) is 4.